The zero-order chi connectivity index (χ0) is 22.4. The average molecular weight is 423 g/mol. The number of anilines is 1. The Hall–Kier alpha value is -3.15. The van der Waals surface area contributed by atoms with Crippen molar-refractivity contribution in [3.05, 3.63) is 59.7 Å². The van der Waals surface area contributed by atoms with Gasteiger partial charge in [0.15, 0.2) is 0 Å². The molecule has 1 N–H and O–H groups in total. The van der Waals surface area contributed by atoms with Crippen LogP contribution in [-0.4, -0.2) is 35.3 Å². The van der Waals surface area contributed by atoms with Crippen LogP contribution in [0.15, 0.2) is 48.5 Å². The van der Waals surface area contributed by atoms with Crippen molar-refractivity contribution in [3.8, 4) is 5.75 Å². The Morgan fingerprint density at radius 1 is 0.968 bits per heavy atom. The van der Waals surface area contributed by atoms with Crippen LogP contribution in [0.2, 0.25) is 0 Å². The van der Waals surface area contributed by atoms with Crippen molar-refractivity contribution >= 4 is 23.4 Å². The first-order chi connectivity index (χ1) is 14.9. The fraction of sp³-hybridized carbons (Fsp3) is 0.400. The number of benzene rings is 2. The Morgan fingerprint density at radius 3 is 2.13 bits per heavy atom. The first-order valence-corrected chi connectivity index (χ1v) is 10.9. The second-order valence-corrected chi connectivity index (χ2v) is 8.24. The number of nitrogens with zero attached hydrogens (tertiary/aromatic N) is 1. The maximum absolute atomic E-state index is 13.1. The number of hydrogen-bond donors (Lipinski definition) is 1. The molecule has 3 rings (SSSR count). The number of imide groups is 1. The molecule has 0 spiro atoms. The minimum Gasteiger partial charge on any atom is -0.494 e. The van der Waals surface area contributed by atoms with Crippen LogP contribution in [0, 0.1) is 5.92 Å². The van der Waals surface area contributed by atoms with E-state index in [2.05, 4.69) is 12.2 Å². The Balaban J connectivity index is 1.71. The summed E-state index contributed by atoms with van der Waals surface area (Å²) in [6.07, 6.45) is 3.66. The molecule has 0 aromatic heterocycles. The molecule has 31 heavy (non-hydrogen) atoms. The number of amides is 3. The van der Waals surface area contributed by atoms with Gasteiger partial charge in [-0.25, -0.2) is 0 Å². The van der Waals surface area contributed by atoms with Crippen LogP contribution >= 0.6 is 0 Å². The van der Waals surface area contributed by atoms with Crippen molar-refractivity contribution in [1.82, 2.24) is 4.90 Å². The maximum Gasteiger partial charge on any atom is 0.262 e. The quantitative estimate of drug-likeness (QED) is 0.436. The maximum atomic E-state index is 13.1. The zero-order valence-electron chi connectivity index (χ0n) is 18.4. The molecule has 164 valence electrons. The van der Waals surface area contributed by atoms with Gasteiger partial charge in [-0.15, -0.1) is 0 Å². The monoisotopic (exact) mass is 422 g/mol. The molecule has 0 saturated heterocycles. The van der Waals surface area contributed by atoms with Gasteiger partial charge in [-0.1, -0.05) is 45.7 Å². The zero-order valence-corrected chi connectivity index (χ0v) is 18.4. The summed E-state index contributed by atoms with van der Waals surface area (Å²) in [6, 6.07) is 13.0. The van der Waals surface area contributed by atoms with Gasteiger partial charge in [-0.2, -0.15) is 0 Å². The molecule has 0 aliphatic carbocycles. The number of rotatable bonds is 10. The van der Waals surface area contributed by atoms with Crippen LogP contribution in [-0.2, 0) is 4.79 Å². The van der Waals surface area contributed by atoms with E-state index >= 15 is 0 Å². The van der Waals surface area contributed by atoms with E-state index in [0.29, 0.717) is 29.8 Å². The Morgan fingerprint density at radius 2 is 1.58 bits per heavy atom. The molecule has 0 saturated carbocycles. The molecule has 1 atom stereocenters. The first-order valence-electron chi connectivity index (χ1n) is 10.9. The van der Waals surface area contributed by atoms with Gasteiger partial charge in [0.05, 0.1) is 17.7 Å². The number of nitrogens with one attached hydrogen (secondary N) is 1. The molecule has 3 amide bonds. The summed E-state index contributed by atoms with van der Waals surface area (Å²) < 4.78 is 5.70. The summed E-state index contributed by atoms with van der Waals surface area (Å²) in [5.74, 6) is -0.346. The van der Waals surface area contributed by atoms with Gasteiger partial charge >= 0.3 is 0 Å². The minimum atomic E-state index is -0.877. The summed E-state index contributed by atoms with van der Waals surface area (Å²) in [4.78, 5) is 40.0. The molecule has 0 fully saturated rings. The minimum absolute atomic E-state index is 0.124. The van der Waals surface area contributed by atoms with Gasteiger partial charge in [0.1, 0.15) is 11.8 Å². The Bertz CT molecular complexity index is 902. The lowest BCUT2D eigenvalue weighted by atomic mass is 10.0. The van der Waals surface area contributed by atoms with Crippen molar-refractivity contribution in [2.45, 2.75) is 52.5 Å². The Labute approximate surface area is 183 Å². The number of carbonyl (C=O) groups is 3. The Kier molecular flexibility index (Phi) is 7.45. The third-order valence-electron chi connectivity index (χ3n) is 5.27. The lowest BCUT2D eigenvalue weighted by Crippen LogP contribution is -2.47. The van der Waals surface area contributed by atoms with E-state index in [1.54, 1.807) is 48.5 Å². The predicted molar refractivity (Wildman–Crippen MR) is 120 cm³/mol. The number of carbonyl (C=O) groups excluding carboxylic acids is 3. The molecule has 2 aromatic carbocycles. The highest BCUT2D eigenvalue weighted by Gasteiger charge is 2.42. The van der Waals surface area contributed by atoms with Crippen LogP contribution in [0.5, 0.6) is 5.75 Å². The van der Waals surface area contributed by atoms with E-state index in [9.17, 15) is 14.4 Å². The van der Waals surface area contributed by atoms with Crippen LogP contribution in [0.25, 0.3) is 0 Å². The third-order valence-corrected chi connectivity index (χ3v) is 5.27. The van der Waals surface area contributed by atoms with Crippen LogP contribution in [0.3, 0.4) is 0 Å². The van der Waals surface area contributed by atoms with Gasteiger partial charge in [0.2, 0.25) is 5.91 Å². The van der Waals surface area contributed by atoms with E-state index in [1.807, 2.05) is 13.8 Å². The molecule has 1 unspecified atom stereocenters. The topological polar surface area (TPSA) is 75.7 Å². The molecule has 1 heterocycles. The summed E-state index contributed by atoms with van der Waals surface area (Å²) >= 11 is 0. The first kappa shape index (κ1) is 22.5. The van der Waals surface area contributed by atoms with Crippen LogP contribution < -0.4 is 10.1 Å². The molecule has 6 nitrogen and oxygen atoms in total. The molecule has 0 bridgehead atoms. The van der Waals surface area contributed by atoms with E-state index in [0.717, 1.165) is 29.9 Å². The molecule has 6 heteroatoms. The second-order valence-electron chi connectivity index (χ2n) is 8.24. The summed E-state index contributed by atoms with van der Waals surface area (Å²) in [6.45, 7) is 6.73. The van der Waals surface area contributed by atoms with Crippen molar-refractivity contribution in [3.63, 3.8) is 0 Å². The lowest BCUT2D eigenvalue weighted by Gasteiger charge is -2.26. The smallest absolute Gasteiger partial charge is 0.262 e. The van der Waals surface area contributed by atoms with Crippen LogP contribution in [0.1, 0.15) is 67.2 Å². The van der Waals surface area contributed by atoms with Gasteiger partial charge in [0, 0.05) is 5.69 Å². The van der Waals surface area contributed by atoms with Gasteiger partial charge in [-0.3, -0.25) is 19.3 Å². The van der Waals surface area contributed by atoms with Gasteiger partial charge in [-0.05, 0) is 55.2 Å². The van der Waals surface area contributed by atoms with E-state index in [-0.39, 0.29) is 11.8 Å². The molecular formula is C25H30N2O4. The number of ether oxygens (including phenoxy) is 1. The molecule has 1 aliphatic heterocycles. The van der Waals surface area contributed by atoms with E-state index in [4.69, 9.17) is 4.74 Å². The highest BCUT2D eigenvalue weighted by molar-refractivity contribution is 6.23. The normalized spacial score (nSPS) is 14.0. The average Bonchev–Trinajstić information content (AvgIpc) is 3.01. The second kappa shape index (κ2) is 10.2. The van der Waals surface area contributed by atoms with Crippen molar-refractivity contribution in [2.75, 3.05) is 11.9 Å². The molecule has 1 aliphatic rings. The number of hydrogen-bond acceptors (Lipinski definition) is 4. The lowest BCUT2D eigenvalue weighted by molar-refractivity contribution is -0.120. The van der Waals surface area contributed by atoms with Crippen molar-refractivity contribution in [2.24, 2.45) is 5.92 Å². The fourth-order valence-corrected chi connectivity index (χ4v) is 3.67. The van der Waals surface area contributed by atoms with E-state index < -0.39 is 17.9 Å². The van der Waals surface area contributed by atoms with E-state index in [1.165, 1.54) is 0 Å². The largest absolute Gasteiger partial charge is 0.494 e. The number of unbranched alkanes of at least 4 members (excludes halogenated alkanes) is 2. The third kappa shape index (κ3) is 5.32. The molecule has 0 radical (unpaired) electrons. The fourth-order valence-electron chi connectivity index (χ4n) is 3.67. The summed E-state index contributed by atoms with van der Waals surface area (Å²) in [5, 5.41) is 2.86. The SMILES string of the molecule is CCCCCOc1ccc(NC(=O)C(CC(C)C)N2C(=O)c3ccccc3C2=O)cc1. The molecule has 2 aromatic rings. The highest BCUT2D eigenvalue weighted by Crippen LogP contribution is 2.28. The van der Waals surface area contributed by atoms with Crippen molar-refractivity contribution in [1.29, 1.82) is 0 Å². The van der Waals surface area contributed by atoms with Crippen molar-refractivity contribution < 1.29 is 19.1 Å². The van der Waals surface area contributed by atoms with Crippen LogP contribution in [0.4, 0.5) is 5.69 Å². The summed E-state index contributed by atoms with van der Waals surface area (Å²) in [5.41, 5.74) is 1.29. The standard InChI is InChI=1S/C25H30N2O4/c1-4-5-8-15-31-19-13-11-18(12-14-19)26-23(28)22(16-17(2)3)27-24(29)20-9-6-7-10-21(20)25(27)30/h6-7,9-14,17,22H,4-5,8,15-16H2,1-3H3,(H,26,28). The molecular weight excluding hydrogens is 392 g/mol. The van der Waals surface area contributed by atoms with Gasteiger partial charge < -0.3 is 10.1 Å². The predicted octanol–water partition coefficient (Wildman–Crippen LogP) is 4.91. The number of fused-ring (bicyclic) bond motifs is 1. The highest BCUT2D eigenvalue weighted by atomic mass is 16.5. The van der Waals surface area contributed by atoms with Gasteiger partial charge in [0.25, 0.3) is 11.8 Å². The summed E-state index contributed by atoms with van der Waals surface area (Å²) in [7, 11) is 0.